The summed E-state index contributed by atoms with van der Waals surface area (Å²) >= 11 is 0. The van der Waals surface area contributed by atoms with Gasteiger partial charge in [0, 0.05) is 19.3 Å². The van der Waals surface area contributed by atoms with E-state index in [1.807, 2.05) is 13.0 Å². The third-order valence-electron chi connectivity index (χ3n) is 2.52. The molecule has 0 aliphatic rings. The number of anilines is 1. The van der Waals surface area contributed by atoms with Crippen molar-refractivity contribution in [1.82, 2.24) is 4.98 Å². The van der Waals surface area contributed by atoms with E-state index < -0.39 is 0 Å². The minimum absolute atomic E-state index is 0.724. The first-order valence-corrected chi connectivity index (χ1v) is 5.84. The van der Waals surface area contributed by atoms with Gasteiger partial charge in [-0.2, -0.15) is 5.26 Å². The summed E-state index contributed by atoms with van der Waals surface area (Å²) in [6, 6.07) is 4.10. The maximum atomic E-state index is 8.99. The minimum Gasteiger partial charge on any atom is -0.357 e. The topological polar surface area (TPSA) is 39.9 Å². The molecule has 1 aromatic rings. The van der Waals surface area contributed by atoms with Crippen LogP contribution in [0.5, 0.6) is 0 Å². The van der Waals surface area contributed by atoms with Crippen molar-refractivity contribution in [1.29, 1.82) is 5.26 Å². The molecule has 0 radical (unpaired) electrons. The molecular formula is C13H19N3. The first-order chi connectivity index (χ1) is 7.72. The lowest BCUT2D eigenvalue weighted by Gasteiger charge is -2.22. The fourth-order valence-electron chi connectivity index (χ4n) is 1.69. The second kappa shape index (κ2) is 6.12. The van der Waals surface area contributed by atoms with Gasteiger partial charge < -0.3 is 4.90 Å². The zero-order chi connectivity index (χ0) is 12.0. The quantitative estimate of drug-likeness (QED) is 0.761. The van der Waals surface area contributed by atoms with Crippen molar-refractivity contribution in [3.8, 4) is 6.07 Å². The molecule has 0 N–H and O–H groups in total. The fourth-order valence-corrected chi connectivity index (χ4v) is 1.69. The van der Waals surface area contributed by atoms with E-state index in [9.17, 15) is 0 Å². The Morgan fingerprint density at radius 3 is 2.44 bits per heavy atom. The third-order valence-corrected chi connectivity index (χ3v) is 2.52. The molecule has 1 rings (SSSR count). The van der Waals surface area contributed by atoms with Gasteiger partial charge in [0.15, 0.2) is 0 Å². The van der Waals surface area contributed by atoms with Crippen molar-refractivity contribution in [2.45, 2.75) is 33.6 Å². The SMILES string of the molecule is CCCN(CCC)c1cc(C#N)c(C)cn1. The van der Waals surface area contributed by atoms with Gasteiger partial charge in [0.25, 0.3) is 0 Å². The van der Waals surface area contributed by atoms with Gasteiger partial charge in [0.1, 0.15) is 5.82 Å². The third kappa shape index (κ3) is 2.96. The predicted molar refractivity (Wildman–Crippen MR) is 66.5 cm³/mol. The Morgan fingerprint density at radius 2 is 1.94 bits per heavy atom. The van der Waals surface area contributed by atoms with Gasteiger partial charge in [-0.15, -0.1) is 0 Å². The number of rotatable bonds is 5. The molecule has 0 saturated heterocycles. The summed E-state index contributed by atoms with van der Waals surface area (Å²) in [5.41, 5.74) is 1.67. The molecule has 0 unspecified atom stereocenters. The van der Waals surface area contributed by atoms with Crippen molar-refractivity contribution in [3.05, 3.63) is 23.4 Å². The standard InChI is InChI=1S/C13H19N3/c1-4-6-16(7-5-2)13-8-12(9-14)11(3)10-15-13/h8,10H,4-7H2,1-3H3. The number of hydrogen-bond acceptors (Lipinski definition) is 3. The molecule has 3 heteroatoms. The van der Waals surface area contributed by atoms with Crippen molar-refractivity contribution in [3.63, 3.8) is 0 Å². The summed E-state index contributed by atoms with van der Waals surface area (Å²) in [5, 5.41) is 8.99. The normalized spacial score (nSPS) is 9.88. The average Bonchev–Trinajstić information content (AvgIpc) is 2.29. The van der Waals surface area contributed by atoms with Crippen molar-refractivity contribution < 1.29 is 0 Å². The molecule has 0 fully saturated rings. The zero-order valence-electron chi connectivity index (χ0n) is 10.3. The maximum absolute atomic E-state index is 8.99. The van der Waals surface area contributed by atoms with Gasteiger partial charge in [-0.05, 0) is 31.4 Å². The van der Waals surface area contributed by atoms with Crippen LogP contribution < -0.4 is 4.90 Å². The van der Waals surface area contributed by atoms with Crippen LogP contribution in [0.25, 0.3) is 0 Å². The molecule has 0 amide bonds. The number of hydrogen-bond donors (Lipinski definition) is 0. The summed E-state index contributed by atoms with van der Waals surface area (Å²) in [5.74, 6) is 0.922. The van der Waals surface area contributed by atoms with Crippen LogP contribution in [0.2, 0.25) is 0 Å². The Bertz CT molecular complexity index is 373. The van der Waals surface area contributed by atoms with Gasteiger partial charge >= 0.3 is 0 Å². The van der Waals surface area contributed by atoms with Gasteiger partial charge in [0.05, 0.1) is 11.6 Å². The number of pyridine rings is 1. The first-order valence-electron chi connectivity index (χ1n) is 5.84. The molecule has 1 heterocycles. The van der Waals surface area contributed by atoms with Crippen LogP contribution >= 0.6 is 0 Å². The van der Waals surface area contributed by atoms with Crippen LogP contribution in [0.15, 0.2) is 12.3 Å². The predicted octanol–water partition coefficient (Wildman–Crippen LogP) is 2.89. The molecule has 1 aromatic heterocycles. The number of nitrogens with zero attached hydrogens (tertiary/aromatic N) is 3. The Balaban J connectivity index is 2.96. The van der Waals surface area contributed by atoms with Crippen LogP contribution in [-0.4, -0.2) is 18.1 Å². The summed E-state index contributed by atoms with van der Waals surface area (Å²) in [6.07, 6.45) is 3.97. The molecule has 0 aliphatic carbocycles. The summed E-state index contributed by atoms with van der Waals surface area (Å²) in [6.45, 7) is 8.22. The first kappa shape index (κ1) is 12.5. The highest BCUT2D eigenvalue weighted by atomic mass is 15.2. The molecule has 16 heavy (non-hydrogen) atoms. The van der Waals surface area contributed by atoms with Crippen LogP contribution in [0.3, 0.4) is 0 Å². The van der Waals surface area contributed by atoms with Gasteiger partial charge in [0.2, 0.25) is 0 Å². The lowest BCUT2D eigenvalue weighted by atomic mass is 10.1. The van der Waals surface area contributed by atoms with E-state index in [4.69, 9.17) is 5.26 Å². The highest BCUT2D eigenvalue weighted by Gasteiger charge is 2.08. The number of aromatic nitrogens is 1. The van der Waals surface area contributed by atoms with Crippen molar-refractivity contribution in [2.24, 2.45) is 0 Å². The molecule has 0 spiro atoms. The molecule has 0 bridgehead atoms. The van der Waals surface area contributed by atoms with E-state index >= 15 is 0 Å². The van der Waals surface area contributed by atoms with E-state index in [1.165, 1.54) is 0 Å². The Hall–Kier alpha value is -1.56. The second-order valence-electron chi connectivity index (χ2n) is 3.96. The van der Waals surface area contributed by atoms with Crippen molar-refractivity contribution in [2.75, 3.05) is 18.0 Å². The molecule has 86 valence electrons. The Kier molecular flexibility index (Phi) is 4.78. The number of aryl methyl sites for hydroxylation is 1. The number of nitriles is 1. The Labute approximate surface area is 97.7 Å². The van der Waals surface area contributed by atoms with Gasteiger partial charge in [-0.1, -0.05) is 13.8 Å². The van der Waals surface area contributed by atoms with Crippen LogP contribution in [0.1, 0.15) is 37.8 Å². The van der Waals surface area contributed by atoms with Gasteiger partial charge in [-0.3, -0.25) is 0 Å². The minimum atomic E-state index is 0.724. The summed E-state index contributed by atoms with van der Waals surface area (Å²) < 4.78 is 0. The molecule has 0 aromatic carbocycles. The fraction of sp³-hybridized carbons (Fsp3) is 0.538. The largest absolute Gasteiger partial charge is 0.357 e. The monoisotopic (exact) mass is 217 g/mol. The maximum Gasteiger partial charge on any atom is 0.129 e. The van der Waals surface area contributed by atoms with Crippen LogP contribution in [-0.2, 0) is 0 Å². The lowest BCUT2D eigenvalue weighted by Crippen LogP contribution is -2.25. The van der Waals surface area contributed by atoms with Crippen LogP contribution in [0.4, 0.5) is 5.82 Å². The Morgan fingerprint density at radius 1 is 1.31 bits per heavy atom. The van der Waals surface area contributed by atoms with E-state index in [-0.39, 0.29) is 0 Å². The molecular weight excluding hydrogens is 198 g/mol. The van der Waals surface area contributed by atoms with E-state index in [0.717, 1.165) is 42.9 Å². The molecule has 0 saturated carbocycles. The van der Waals surface area contributed by atoms with Crippen LogP contribution in [0, 0.1) is 18.3 Å². The van der Waals surface area contributed by atoms with E-state index in [2.05, 4.69) is 29.8 Å². The average molecular weight is 217 g/mol. The summed E-state index contributed by atoms with van der Waals surface area (Å²) in [4.78, 5) is 6.64. The summed E-state index contributed by atoms with van der Waals surface area (Å²) in [7, 11) is 0. The zero-order valence-corrected chi connectivity index (χ0v) is 10.3. The van der Waals surface area contributed by atoms with E-state index in [1.54, 1.807) is 6.20 Å². The molecule has 3 nitrogen and oxygen atoms in total. The van der Waals surface area contributed by atoms with Crippen molar-refractivity contribution >= 4 is 5.82 Å². The van der Waals surface area contributed by atoms with E-state index in [0.29, 0.717) is 0 Å². The highest BCUT2D eigenvalue weighted by Crippen LogP contribution is 2.16. The molecule has 0 atom stereocenters. The lowest BCUT2D eigenvalue weighted by molar-refractivity contribution is 0.734. The highest BCUT2D eigenvalue weighted by molar-refractivity contribution is 5.48. The second-order valence-corrected chi connectivity index (χ2v) is 3.96. The smallest absolute Gasteiger partial charge is 0.129 e. The molecule has 0 aliphatic heterocycles. The van der Waals surface area contributed by atoms with Gasteiger partial charge in [-0.25, -0.2) is 4.98 Å².